The largest absolute Gasteiger partial charge is 0.397 e. The van der Waals surface area contributed by atoms with E-state index in [0.717, 1.165) is 17.7 Å². The van der Waals surface area contributed by atoms with Gasteiger partial charge in [-0.2, -0.15) is 0 Å². The minimum Gasteiger partial charge on any atom is -0.397 e. The summed E-state index contributed by atoms with van der Waals surface area (Å²) in [5.74, 6) is 0.650. The number of rotatable bonds is 3. The number of aliphatic imine (C=N–C) groups is 1. The third-order valence-corrected chi connectivity index (χ3v) is 4.75. The number of nitrogens with two attached hydrogens (primary N) is 2. The molecule has 1 atom stereocenters. The second-order valence-corrected chi connectivity index (χ2v) is 6.95. The van der Waals surface area contributed by atoms with Crippen LogP contribution in [0, 0.1) is 0 Å². The van der Waals surface area contributed by atoms with Crippen molar-refractivity contribution >= 4 is 34.2 Å². The molecular formula is C19H25N5OS. The Bertz CT molecular complexity index is 791. The van der Waals surface area contributed by atoms with Crippen LogP contribution in [0.5, 0.6) is 0 Å². The number of amides is 1. The number of nitrogens with one attached hydrogen (secondary N) is 1. The molecule has 0 saturated carbocycles. The van der Waals surface area contributed by atoms with E-state index < -0.39 is 0 Å². The molecule has 0 radical (unpaired) electrons. The van der Waals surface area contributed by atoms with E-state index in [1.807, 2.05) is 38.1 Å². The van der Waals surface area contributed by atoms with Crippen molar-refractivity contribution in [1.29, 1.82) is 0 Å². The predicted octanol–water partition coefficient (Wildman–Crippen LogP) is 3.61. The number of carbonyl (C=O) groups is 1. The van der Waals surface area contributed by atoms with E-state index in [1.165, 1.54) is 6.20 Å². The number of hydrogen-bond acceptors (Lipinski definition) is 6. The zero-order chi connectivity index (χ0) is 19.2. The van der Waals surface area contributed by atoms with Gasteiger partial charge in [-0.05, 0) is 43.2 Å². The number of nitrogens with zero attached hydrogens (tertiary/aromatic N) is 2. The SMILES string of the molecule is CC.CC1(c2cccc(NC(=O)c3ccc(N)cn3)c2)CCSC(N)=N1. The maximum absolute atomic E-state index is 12.3. The Morgan fingerprint density at radius 2 is 2.00 bits per heavy atom. The number of anilines is 2. The quantitative estimate of drug-likeness (QED) is 0.764. The normalized spacial score (nSPS) is 19.0. The average Bonchev–Trinajstić information content (AvgIpc) is 2.64. The van der Waals surface area contributed by atoms with Gasteiger partial charge in [-0.25, -0.2) is 4.98 Å². The van der Waals surface area contributed by atoms with E-state index in [9.17, 15) is 4.79 Å². The maximum atomic E-state index is 12.3. The third kappa shape index (κ3) is 4.76. The number of thioether (sulfide) groups is 1. The van der Waals surface area contributed by atoms with Gasteiger partial charge in [0.25, 0.3) is 5.91 Å². The molecule has 0 aliphatic carbocycles. The summed E-state index contributed by atoms with van der Waals surface area (Å²) < 4.78 is 0. The van der Waals surface area contributed by atoms with Crippen LogP contribution in [0.3, 0.4) is 0 Å². The minimum absolute atomic E-state index is 0.278. The van der Waals surface area contributed by atoms with Crippen molar-refractivity contribution in [2.24, 2.45) is 10.7 Å². The minimum atomic E-state index is -0.366. The number of aromatic nitrogens is 1. The van der Waals surface area contributed by atoms with E-state index in [2.05, 4.69) is 22.2 Å². The Morgan fingerprint density at radius 1 is 1.23 bits per heavy atom. The van der Waals surface area contributed by atoms with Gasteiger partial charge in [0, 0.05) is 11.4 Å². The predicted molar refractivity (Wildman–Crippen MR) is 110 cm³/mol. The molecule has 1 aromatic carbocycles. The van der Waals surface area contributed by atoms with Gasteiger partial charge in [-0.15, -0.1) is 0 Å². The molecule has 6 nitrogen and oxygen atoms in total. The lowest BCUT2D eigenvalue weighted by molar-refractivity contribution is 0.102. The van der Waals surface area contributed by atoms with Crippen molar-refractivity contribution < 1.29 is 4.79 Å². The highest BCUT2D eigenvalue weighted by Gasteiger charge is 2.29. The number of amidine groups is 1. The van der Waals surface area contributed by atoms with E-state index in [0.29, 0.717) is 22.2 Å². The molecule has 26 heavy (non-hydrogen) atoms. The first-order chi connectivity index (χ1) is 12.5. The van der Waals surface area contributed by atoms with Gasteiger partial charge in [-0.1, -0.05) is 37.7 Å². The van der Waals surface area contributed by atoms with Crippen LogP contribution in [0.2, 0.25) is 0 Å². The third-order valence-electron chi connectivity index (χ3n) is 3.96. The lowest BCUT2D eigenvalue weighted by Gasteiger charge is -2.30. The highest BCUT2D eigenvalue weighted by molar-refractivity contribution is 8.13. The highest BCUT2D eigenvalue weighted by Crippen LogP contribution is 2.35. The van der Waals surface area contributed by atoms with Gasteiger partial charge in [-0.3, -0.25) is 9.79 Å². The zero-order valence-corrected chi connectivity index (χ0v) is 16.1. The molecule has 138 valence electrons. The summed E-state index contributed by atoms with van der Waals surface area (Å²) in [5, 5.41) is 3.46. The summed E-state index contributed by atoms with van der Waals surface area (Å²) in [5.41, 5.74) is 13.7. The van der Waals surface area contributed by atoms with Crippen LogP contribution in [0.4, 0.5) is 11.4 Å². The smallest absolute Gasteiger partial charge is 0.274 e. The second-order valence-electron chi connectivity index (χ2n) is 5.83. The van der Waals surface area contributed by atoms with Crippen LogP contribution in [-0.4, -0.2) is 21.8 Å². The Labute approximate surface area is 158 Å². The summed E-state index contributed by atoms with van der Waals surface area (Å²) in [4.78, 5) is 20.9. The molecular weight excluding hydrogens is 346 g/mol. The van der Waals surface area contributed by atoms with Crippen molar-refractivity contribution in [3.8, 4) is 0 Å². The molecule has 0 bridgehead atoms. The second kappa shape index (κ2) is 8.71. The van der Waals surface area contributed by atoms with Crippen LogP contribution < -0.4 is 16.8 Å². The van der Waals surface area contributed by atoms with Crippen LogP contribution in [-0.2, 0) is 5.54 Å². The molecule has 0 fully saturated rings. The highest BCUT2D eigenvalue weighted by atomic mass is 32.2. The van der Waals surface area contributed by atoms with Gasteiger partial charge in [0.1, 0.15) is 5.69 Å². The van der Waals surface area contributed by atoms with Gasteiger partial charge in [0.05, 0.1) is 17.4 Å². The van der Waals surface area contributed by atoms with E-state index in [-0.39, 0.29) is 11.4 Å². The number of benzene rings is 1. The van der Waals surface area contributed by atoms with Gasteiger partial charge in [0.2, 0.25) is 0 Å². The molecule has 0 spiro atoms. The number of hydrogen-bond donors (Lipinski definition) is 3. The lowest BCUT2D eigenvalue weighted by Crippen LogP contribution is -2.28. The fourth-order valence-corrected chi connectivity index (χ4v) is 3.54. The van der Waals surface area contributed by atoms with Crippen LogP contribution in [0.15, 0.2) is 47.6 Å². The maximum Gasteiger partial charge on any atom is 0.274 e. The Hall–Kier alpha value is -2.54. The Balaban J connectivity index is 0.00000117. The van der Waals surface area contributed by atoms with Crippen molar-refractivity contribution in [1.82, 2.24) is 4.98 Å². The monoisotopic (exact) mass is 371 g/mol. The molecule has 1 aliphatic heterocycles. The molecule has 7 heteroatoms. The van der Waals surface area contributed by atoms with Crippen molar-refractivity contribution in [3.05, 3.63) is 53.9 Å². The Kier molecular flexibility index (Phi) is 6.63. The lowest BCUT2D eigenvalue weighted by atomic mass is 9.89. The van der Waals surface area contributed by atoms with Crippen molar-refractivity contribution in [2.75, 3.05) is 16.8 Å². The molecule has 2 heterocycles. The van der Waals surface area contributed by atoms with Crippen LogP contribution >= 0.6 is 11.8 Å². The van der Waals surface area contributed by atoms with E-state index in [4.69, 9.17) is 11.5 Å². The summed E-state index contributed by atoms with van der Waals surface area (Å²) in [6.45, 7) is 6.06. The summed E-state index contributed by atoms with van der Waals surface area (Å²) >= 11 is 1.57. The molecule has 1 aliphatic rings. The number of nitrogen functional groups attached to an aromatic ring is 1. The van der Waals surface area contributed by atoms with Gasteiger partial charge < -0.3 is 16.8 Å². The van der Waals surface area contributed by atoms with E-state index >= 15 is 0 Å². The number of pyridine rings is 1. The van der Waals surface area contributed by atoms with E-state index in [1.54, 1.807) is 23.9 Å². The van der Waals surface area contributed by atoms with Crippen molar-refractivity contribution in [2.45, 2.75) is 32.7 Å². The molecule has 0 saturated heterocycles. The summed E-state index contributed by atoms with van der Waals surface area (Å²) in [7, 11) is 0. The molecule has 2 aromatic rings. The van der Waals surface area contributed by atoms with Crippen molar-refractivity contribution in [3.63, 3.8) is 0 Å². The number of carbonyl (C=O) groups excluding carboxylic acids is 1. The first-order valence-corrected chi connectivity index (χ1v) is 9.56. The first-order valence-electron chi connectivity index (χ1n) is 8.58. The fraction of sp³-hybridized carbons (Fsp3) is 0.316. The average molecular weight is 372 g/mol. The van der Waals surface area contributed by atoms with Crippen LogP contribution in [0.1, 0.15) is 43.2 Å². The van der Waals surface area contributed by atoms with Gasteiger partial charge >= 0.3 is 0 Å². The molecule has 3 rings (SSSR count). The fourth-order valence-electron chi connectivity index (χ4n) is 2.56. The topological polar surface area (TPSA) is 106 Å². The van der Waals surface area contributed by atoms with Crippen LogP contribution in [0.25, 0.3) is 0 Å². The standard InChI is InChI=1S/C17H19N5OS.C2H6/c1-17(7-8-24-16(19)22-17)11-3-2-4-13(9-11)21-15(23)14-6-5-12(18)10-20-14;1-2/h2-6,9-10H,7-8,18H2,1H3,(H2,19,22)(H,21,23);1-2H3. The summed E-state index contributed by atoms with van der Waals surface area (Å²) in [6.07, 6.45) is 2.36. The molecule has 1 aromatic heterocycles. The Morgan fingerprint density at radius 3 is 2.65 bits per heavy atom. The molecule has 1 unspecified atom stereocenters. The molecule has 5 N–H and O–H groups in total. The molecule has 1 amide bonds. The van der Waals surface area contributed by atoms with Gasteiger partial charge in [0.15, 0.2) is 5.17 Å². The zero-order valence-electron chi connectivity index (χ0n) is 15.3. The summed E-state index contributed by atoms with van der Waals surface area (Å²) in [6, 6.07) is 10.9. The first kappa shape index (κ1) is 19.8.